The number of carbonyl (C=O) groups excluding carboxylic acids is 2. The molecule has 0 aliphatic heterocycles. The number of benzene rings is 1. The Morgan fingerprint density at radius 3 is 2.57 bits per heavy atom. The number of hydrogen-bond acceptors (Lipinski definition) is 4. The molecule has 0 atom stereocenters. The first-order valence-corrected chi connectivity index (χ1v) is 7.30. The van der Waals surface area contributed by atoms with Crippen LogP contribution < -0.4 is 10.6 Å². The molecule has 120 valence electrons. The molecule has 6 nitrogen and oxygen atoms in total. The summed E-state index contributed by atoms with van der Waals surface area (Å²) < 4.78 is 4.94. The van der Waals surface area contributed by atoms with Crippen LogP contribution >= 0.6 is 0 Å². The topological polar surface area (TPSA) is 80.3 Å². The van der Waals surface area contributed by atoms with Crippen molar-refractivity contribution in [1.82, 2.24) is 10.3 Å². The van der Waals surface area contributed by atoms with Gasteiger partial charge in [-0.05, 0) is 30.7 Å². The van der Waals surface area contributed by atoms with E-state index in [9.17, 15) is 9.59 Å². The van der Waals surface area contributed by atoms with Gasteiger partial charge >= 0.3 is 0 Å². The Kier molecular flexibility index (Phi) is 6.26. The van der Waals surface area contributed by atoms with Gasteiger partial charge in [0.15, 0.2) is 0 Å². The van der Waals surface area contributed by atoms with Gasteiger partial charge in [0.2, 0.25) is 0 Å². The Hall–Kier alpha value is -2.73. The highest BCUT2D eigenvalue weighted by Gasteiger charge is 2.13. The van der Waals surface area contributed by atoms with Crippen LogP contribution in [0.25, 0.3) is 0 Å². The number of carbonyl (C=O) groups is 2. The fourth-order valence-corrected chi connectivity index (χ4v) is 2.00. The highest BCUT2D eigenvalue weighted by molar-refractivity contribution is 6.08. The molecule has 1 aromatic carbocycles. The minimum absolute atomic E-state index is 0.230. The summed E-state index contributed by atoms with van der Waals surface area (Å²) in [4.78, 5) is 28.3. The highest BCUT2D eigenvalue weighted by atomic mass is 16.5. The van der Waals surface area contributed by atoms with E-state index in [-0.39, 0.29) is 11.8 Å². The van der Waals surface area contributed by atoms with Gasteiger partial charge in [-0.3, -0.25) is 14.6 Å². The zero-order valence-electron chi connectivity index (χ0n) is 12.9. The molecule has 0 bridgehead atoms. The van der Waals surface area contributed by atoms with Crippen molar-refractivity contribution in [2.75, 3.05) is 25.6 Å². The van der Waals surface area contributed by atoms with Gasteiger partial charge in [-0.2, -0.15) is 0 Å². The summed E-state index contributed by atoms with van der Waals surface area (Å²) in [5, 5.41) is 5.56. The third-order valence-electron chi connectivity index (χ3n) is 3.17. The molecule has 1 heterocycles. The lowest BCUT2D eigenvalue weighted by Crippen LogP contribution is -2.26. The molecular formula is C17H19N3O3. The average molecular weight is 313 g/mol. The summed E-state index contributed by atoms with van der Waals surface area (Å²) >= 11 is 0. The van der Waals surface area contributed by atoms with Crippen molar-refractivity contribution in [3.63, 3.8) is 0 Å². The maximum atomic E-state index is 12.2. The molecule has 0 fully saturated rings. The molecule has 6 heteroatoms. The molecule has 0 unspecified atom stereocenters. The smallest absolute Gasteiger partial charge is 0.255 e. The van der Waals surface area contributed by atoms with Gasteiger partial charge in [0.1, 0.15) is 0 Å². The van der Waals surface area contributed by atoms with Gasteiger partial charge in [-0.25, -0.2) is 0 Å². The molecule has 0 saturated carbocycles. The van der Waals surface area contributed by atoms with E-state index in [0.29, 0.717) is 30.0 Å². The van der Waals surface area contributed by atoms with Gasteiger partial charge < -0.3 is 15.4 Å². The van der Waals surface area contributed by atoms with E-state index in [2.05, 4.69) is 15.6 Å². The number of rotatable bonds is 7. The first kappa shape index (κ1) is 16.6. The quantitative estimate of drug-likeness (QED) is 0.767. The second-order valence-electron chi connectivity index (χ2n) is 4.84. The zero-order valence-corrected chi connectivity index (χ0v) is 12.9. The van der Waals surface area contributed by atoms with Crippen molar-refractivity contribution in [2.45, 2.75) is 6.42 Å². The highest BCUT2D eigenvalue weighted by Crippen LogP contribution is 2.16. The first-order valence-electron chi connectivity index (χ1n) is 7.30. The lowest BCUT2D eigenvalue weighted by atomic mass is 10.1. The van der Waals surface area contributed by atoms with E-state index in [4.69, 9.17) is 4.74 Å². The van der Waals surface area contributed by atoms with Crippen LogP contribution in [0.4, 0.5) is 5.69 Å². The molecule has 0 aliphatic carbocycles. The summed E-state index contributed by atoms with van der Waals surface area (Å²) in [6.45, 7) is 1.10. The Labute approximate surface area is 134 Å². The molecule has 1 aromatic heterocycles. The van der Waals surface area contributed by atoms with Gasteiger partial charge in [-0.15, -0.1) is 0 Å². The molecular weight excluding hydrogens is 294 g/mol. The van der Waals surface area contributed by atoms with Crippen LogP contribution in [-0.4, -0.2) is 37.1 Å². The van der Waals surface area contributed by atoms with Gasteiger partial charge in [0.25, 0.3) is 11.8 Å². The van der Waals surface area contributed by atoms with E-state index in [1.54, 1.807) is 55.9 Å². The molecule has 0 radical (unpaired) electrons. The Balaban J connectivity index is 2.05. The van der Waals surface area contributed by atoms with Crippen molar-refractivity contribution in [3.8, 4) is 0 Å². The van der Waals surface area contributed by atoms with Crippen molar-refractivity contribution in [1.29, 1.82) is 0 Å². The summed E-state index contributed by atoms with van der Waals surface area (Å²) in [6, 6.07) is 10.1. The minimum Gasteiger partial charge on any atom is -0.385 e. The summed E-state index contributed by atoms with van der Waals surface area (Å²) in [5.74, 6) is -0.515. The predicted molar refractivity (Wildman–Crippen MR) is 87.5 cm³/mol. The van der Waals surface area contributed by atoms with Crippen molar-refractivity contribution in [3.05, 3.63) is 59.9 Å². The third-order valence-corrected chi connectivity index (χ3v) is 3.17. The Bertz CT molecular complexity index is 659. The number of aromatic nitrogens is 1. The first-order chi connectivity index (χ1) is 11.2. The minimum atomic E-state index is -0.285. The van der Waals surface area contributed by atoms with Gasteiger partial charge in [0.05, 0.1) is 11.3 Å². The SMILES string of the molecule is COCCCNC(=O)c1ccccc1NC(=O)c1ccncc1. The molecule has 0 saturated heterocycles. The molecule has 2 rings (SSSR count). The standard InChI is InChI=1S/C17H19N3O3/c1-23-12-4-9-19-17(22)14-5-2-3-6-15(14)20-16(21)13-7-10-18-11-8-13/h2-3,5-8,10-11H,4,9,12H2,1H3,(H,19,22)(H,20,21). The number of nitrogens with zero attached hydrogens (tertiary/aromatic N) is 1. The molecule has 0 aliphatic rings. The van der Waals surface area contributed by atoms with Crippen LogP contribution in [0.1, 0.15) is 27.1 Å². The molecule has 23 heavy (non-hydrogen) atoms. The number of anilines is 1. The lowest BCUT2D eigenvalue weighted by Gasteiger charge is -2.11. The number of hydrogen-bond donors (Lipinski definition) is 2. The number of pyridine rings is 1. The molecule has 2 aromatic rings. The van der Waals surface area contributed by atoms with Crippen LogP contribution in [0.5, 0.6) is 0 Å². The third kappa shape index (κ3) is 4.89. The molecule has 0 spiro atoms. The van der Waals surface area contributed by atoms with E-state index in [1.165, 1.54) is 0 Å². The van der Waals surface area contributed by atoms with Crippen LogP contribution in [0, 0.1) is 0 Å². The van der Waals surface area contributed by atoms with E-state index >= 15 is 0 Å². The van der Waals surface area contributed by atoms with Gasteiger partial charge in [-0.1, -0.05) is 12.1 Å². The van der Waals surface area contributed by atoms with E-state index in [1.807, 2.05) is 0 Å². The van der Waals surface area contributed by atoms with E-state index < -0.39 is 0 Å². The number of amides is 2. The number of para-hydroxylation sites is 1. The predicted octanol–water partition coefficient (Wildman–Crippen LogP) is 2.10. The fraction of sp³-hybridized carbons (Fsp3) is 0.235. The maximum Gasteiger partial charge on any atom is 0.255 e. The summed E-state index contributed by atoms with van der Waals surface area (Å²) in [7, 11) is 1.62. The van der Waals surface area contributed by atoms with Crippen LogP contribution in [0.2, 0.25) is 0 Å². The number of nitrogens with one attached hydrogen (secondary N) is 2. The molecule has 2 amide bonds. The second-order valence-corrected chi connectivity index (χ2v) is 4.84. The lowest BCUT2D eigenvalue weighted by molar-refractivity contribution is 0.0949. The summed E-state index contributed by atoms with van der Waals surface area (Å²) in [5.41, 5.74) is 1.38. The number of methoxy groups -OCH3 is 1. The monoisotopic (exact) mass is 313 g/mol. The van der Waals surface area contributed by atoms with Crippen LogP contribution in [-0.2, 0) is 4.74 Å². The van der Waals surface area contributed by atoms with Crippen LogP contribution in [0.15, 0.2) is 48.8 Å². The Morgan fingerprint density at radius 1 is 1.09 bits per heavy atom. The maximum absolute atomic E-state index is 12.2. The normalized spacial score (nSPS) is 10.1. The van der Waals surface area contributed by atoms with Gasteiger partial charge in [0, 0.05) is 38.2 Å². The zero-order chi connectivity index (χ0) is 16.5. The number of ether oxygens (including phenoxy) is 1. The summed E-state index contributed by atoms with van der Waals surface area (Å²) in [6.07, 6.45) is 3.82. The fourth-order valence-electron chi connectivity index (χ4n) is 2.00. The largest absolute Gasteiger partial charge is 0.385 e. The van der Waals surface area contributed by atoms with Crippen molar-refractivity contribution < 1.29 is 14.3 Å². The average Bonchev–Trinajstić information content (AvgIpc) is 2.60. The van der Waals surface area contributed by atoms with Crippen LogP contribution in [0.3, 0.4) is 0 Å². The van der Waals surface area contributed by atoms with E-state index in [0.717, 1.165) is 6.42 Å². The Morgan fingerprint density at radius 2 is 1.83 bits per heavy atom. The van der Waals surface area contributed by atoms with Crippen molar-refractivity contribution >= 4 is 17.5 Å². The second kappa shape index (κ2) is 8.65. The van der Waals surface area contributed by atoms with Crippen molar-refractivity contribution in [2.24, 2.45) is 0 Å². The molecule has 2 N–H and O–H groups in total.